The number of benzene rings is 4. The van der Waals surface area contributed by atoms with Crippen molar-refractivity contribution in [3.8, 4) is 33.8 Å². The molecule has 0 bridgehead atoms. The highest BCUT2D eigenvalue weighted by atomic mass is 35.5. The second kappa shape index (κ2) is 17.2. The lowest BCUT2D eigenvalue weighted by atomic mass is 9.85. The van der Waals surface area contributed by atoms with E-state index in [2.05, 4.69) is 14.7 Å². The monoisotopic (exact) mass is 755 g/mol. The van der Waals surface area contributed by atoms with Crippen LogP contribution in [0.5, 0.6) is 11.5 Å². The van der Waals surface area contributed by atoms with E-state index in [4.69, 9.17) is 39.2 Å². The summed E-state index contributed by atoms with van der Waals surface area (Å²) < 4.78 is 28.0. The number of carboxylic acid groups (broad SMARTS) is 1. The summed E-state index contributed by atoms with van der Waals surface area (Å²) in [6.07, 6.45) is 3.41. The largest absolute Gasteiger partial charge is 0.488 e. The molecule has 274 valence electrons. The molecule has 11 heteroatoms. The molecule has 0 radical (unpaired) electrons. The van der Waals surface area contributed by atoms with Gasteiger partial charge in [-0.25, -0.2) is 9.24 Å². The minimum absolute atomic E-state index is 0.0768. The van der Waals surface area contributed by atoms with Crippen LogP contribution < -0.4 is 9.47 Å². The number of aliphatic hydroxyl groups is 1. The van der Waals surface area contributed by atoms with Crippen molar-refractivity contribution in [3.63, 3.8) is 0 Å². The van der Waals surface area contributed by atoms with Crippen molar-refractivity contribution in [2.24, 2.45) is 5.41 Å². The number of aryl methyl sites for hydroxylation is 1. The molecule has 8 nitrogen and oxygen atoms in total. The van der Waals surface area contributed by atoms with Gasteiger partial charge in [0.05, 0.1) is 28.6 Å². The van der Waals surface area contributed by atoms with E-state index in [1.54, 1.807) is 30.5 Å². The van der Waals surface area contributed by atoms with Crippen molar-refractivity contribution in [1.29, 1.82) is 0 Å². The van der Waals surface area contributed by atoms with Crippen LogP contribution in [-0.4, -0.2) is 46.8 Å². The average molecular weight is 757 g/mol. The van der Waals surface area contributed by atoms with E-state index in [1.165, 1.54) is 19.2 Å². The normalized spacial score (nSPS) is 12.3. The highest BCUT2D eigenvalue weighted by Gasteiger charge is 2.32. The molecule has 0 aliphatic carbocycles. The van der Waals surface area contributed by atoms with E-state index in [0.29, 0.717) is 44.5 Å². The molecule has 53 heavy (non-hydrogen) atoms. The molecule has 0 aliphatic rings. The smallest absolute Gasteiger partial charge is 0.311 e. The second-order valence-electron chi connectivity index (χ2n) is 13.5. The van der Waals surface area contributed by atoms with Crippen molar-refractivity contribution in [1.82, 2.24) is 9.88 Å². The molecule has 2 N–H and O–H groups in total. The highest BCUT2D eigenvalue weighted by molar-refractivity contribution is 6.36. The first-order valence-electron chi connectivity index (χ1n) is 16.9. The quantitative estimate of drug-likeness (QED) is 0.103. The first-order valence-corrected chi connectivity index (χ1v) is 17.6. The molecular weight excluding hydrogens is 716 g/mol. The maximum atomic E-state index is 15.6. The molecule has 0 fully saturated rings. The zero-order valence-corrected chi connectivity index (χ0v) is 31.4. The molecule has 1 heterocycles. The SMILES string of the molecule is [C-]#[N+]c1cncc(COc2cc(OCc3cccc(-c4c(F)ccc(-c5ccc(CN(C)C)cc5)c4Cl)c3C)c(Cl)cc2CC[C@@](C)(CO)C(=O)O)c1. The van der Waals surface area contributed by atoms with Crippen molar-refractivity contribution < 1.29 is 28.9 Å². The van der Waals surface area contributed by atoms with Gasteiger partial charge in [-0.1, -0.05) is 65.7 Å². The van der Waals surface area contributed by atoms with E-state index < -0.39 is 23.8 Å². The van der Waals surface area contributed by atoms with Crippen LogP contribution in [0, 0.1) is 24.7 Å². The first kappa shape index (κ1) is 39.2. The van der Waals surface area contributed by atoms with Crippen LogP contribution in [-0.2, 0) is 31.0 Å². The molecule has 5 rings (SSSR count). The van der Waals surface area contributed by atoms with Gasteiger partial charge in [-0.15, -0.1) is 0 Å². The molecule has 1 atom stereocenters. The van der Waals surface area contributed by atoms with Gasteiger partial charge in [-0.3, -0.25) is 9.78 Å². The number of aliphatic carboxylic acids is 1. The van der Waals surface area contributed by atoms with Crippen molar-refractivity contribution in [3.05, 3.63) is 140 Å². The fourth-order valence-corrected chi connectivity index (χ4v) is 6.50. The lowest BCUT2D eigenvalue weighted by Gasteiger charge is -2.23. The summed E-state index contributed by atoms with van der Waals surface area (Å²) in [5, 5.41) is 20.1. The summed E-state index contributed by atoms with van der Waals surface area (Å²) in [5.41, 5.74) is 5.52. The van der Waals surface area contributed by atoms with E-state index in [9.17, 15) is 15.0 Å². The van der Waals surface area contributed by atoms with E-state index >= 15 is 4.39 Å². The van der Waals surface area contributed by atoms with E-state index in [1.807, 2.05) is 63.5 Å². The molecule has 4 aromatic carbocycles. The third kappa shape index (κ3) is 9.34. The van der Waals surface area contributed by atoms with Crippen LogP contribution in [0.15, 0.2) is 85.2 Å². The van der Waals surface area contributed by atoms with Gasteiger partial charge in [-0.05, 0) is 104 Å². The van der Waals surface area contributed by atoms with Gasteiger partial charge in [-0.2, -0.15) is 0 Å². The van der Waals surface area contributed by atoms with Gasteiger partial charge in [0.15, 0.2) is 0 Å². The Morgan fingerprint density at radius 2 is 1.68 bits per heavy atom. The Kier molecular flexibility index (Phi) is 12.8. The summed E-state index contributed by atoms with van der Waals surface area (Å²) in [4.78, 5) is 21.5. The Morgan fingerprint density at radius 3 is 2.36 bits per heavy atom. The number of carboxylic acids is 1. The number of nitrogens with zero attached hydrogens (tertiary/aromatic N) is 3. The Labute approximate surface area is 319 Å². The number of carbonyl (C=O) groups is 1. The fourth-order valence-electron chi connectivity index (χ4n) is 5.90. The summed E-state index contributed by atoms with van der Waals surface area (Å²) in [6.45, 7) is 11.1. The van der Waals surface area contributed by atoms with Gasteiger partial charge in [0, 0.05) is 36.1 Å². The van der Waals surface area contributed by atoms with E-state index in [-0.39, 0.29) is 31.1 Å². The number of halogens is 3. The van der Waals surface area contributed by atoms with Crippen LogP contribution in [0.4, 0.5) is 10.1 Å². The molecule has 0 unspecified atom stereocenters. The third-order valence-corrected chi connectivity index (χ3v) is 9.87. The van der Waals surface area contributed by atoms with Crippen molar-refractivity contribution in [2.45, 2.75) is 46.4 Å². The Morgan fingerprint density at radius 1 is 0.943 bits per heavy atom. The van der Waals surface area contributed by atoms with Gasteiger partial charge < -0.3 is 24.6 Å². The van der Waals surface area contributed by atoms with Crippen LogP contribution in [0.25, 0.3) is 27.1 Å². The van der Waals surface area contributed by atoms with Gasteiger partial charge in [0.2, 0.25) is 5.69 Å². The second-order valence-corrected chi connectivity index (χ2v) is 14.2. The summed E-state index contributed by atoms with van der Waals surface area (Å²) in [5.74, 6) is -0.846. The van der Waals surface area contributed by atoms with Gasteiger partial charge >= 0.3 is 5.97 Å². The Bertz CT molecular complexity index is 2150. The van der Waals surface area contributed by atoms with Crippen LogP contribution in [0.3, 0.4) is 0 Å². The lowest BCUT2D eigenvalue weighted by Crippen LogP contribution is -2.32. The number of aromatic nitrogens is 1. The maximum absolute atomic E-state index is 15.6. The summed E-state index contributed by atoms with van der Waals surface area (Å²) in [7, 11) is 4.02. The molecule has 0 aliphatic heterocycles. The predicted molar refractivity (Wildman–Crippen MR) is 206 cm³/mol. The summed E-state index contributed by atoms with van der Waals surface area (Å²) in [6, 6.07) is 21.7. The van der Waals surface area contributed by atoms with E-state index in [0.717, 1.165) is 34.4 Å². The number of rotatable bonds is 15. The standard InChI is InChI=1S/C42H40Cl2FN3O5/c1-26-31(7-6-8-33(26)39-36(45)14-13-34(40(39)44)29-11-9-27(10-12-29)22-48(4)5)24-53-38-19-37(52-23-28-17-32(46-3)21-47-20-28)30(18-35(38)43)15-16-42(2,25-49)41(50)51/h6-14,17-21,49H,15-16,22-25H2,1-2,4-5H3,(H,50,51)/t42-/m0/s1. The minimum atomic E-state index is -1.37. The Hall–Kier alpha value is -4.98. The minimum Gasteiger partial charge on any atom is -0.488 e. The topological polar surface area (TPSA) is 96.5 Å². The summed E-state index contributed by atoms with van der Waals surface area (Å²) >= 11 is 13.7. The van der Waals surface area contributed by atoms with Gasteiger partial charge in [0.25, 0.3) is 0 Å². The van der Waals surface area contributed by atoms with Crippen LogP contribution >= 0.6 is 23.2 Å². The fraction of sp³-hybridized carbons (Fsp3) is 0.262. The molecule has 1 aromatic heterocycles. The van der Waals surface area contributed by atoms with Crippen molar-refractivity contribution >= 4 is 34.9 Å². The number of pyridine rings is 1. The first-order chi connectivity index (χ1) is 25.3. The maximum Gasteiger partial charge on any atom is 0.311 e. The zero-order valence-electron chi connectivity index (χ0n) is 29.9. The van der Waals surface area contributed by atoms with Crippen molar-refractivity contribution in [2.75, 3.05) is 20.7 Å². The number of aliphatic hydroxyl groups excluding tert-OH is 1. The zero-order chi connectivity index (χ0) is 38.3. The molecule has 0 amide bonds. The lowest BCUT2D eigenvalue weighted by molar-refractivity contribution is -0.150. The van der Waals surface area contributed by atoms with Gasteiger partial charge in [0.1, 0.15) is 30.5 Å². The molecule has 0 saturated heterocycles. The molecule has 5 aromatic rings. The molecular formula is C42H40Cl2FN3O5. The van der Waals surface area contributed by atoms with Crippen LogP contribution in [0.1, 0.15) is 41.2 Å². The molecule has 0 spiro atoms. The predicted octanol–water partition coefficient (Wildman–Crippen LogP) is 9.96. The third-order valence-electron chi connectivity index (χ3n) is 9.18. The number of ether oxygens (including phenoxy) is 2. The number of hydrogen-bond donors (Lipinski definition) is 2. The Balaban J connectivity index is 1.43. The molecule has 0 saturated carbocycles. The number of hydrogen-bond acceptors (Lipinski definition) is 6. The average Bonchev–Trinajstić information content (AvgIpc) is 3.14. The highest BCUT2D eigenvalue weighted by Crippen LogP contribution is 2.41. The van der Waals surface area contributed by atoms with Crippen LogP contribution in [0.2, 0.25) is 10.0 Å².